The fraction of sp³-hybridized carbons (Fsp3) is 0.250. The molecule has 162 valence electrons. The summed E-state index contributed by atoms with van der Waals surface area (Å²) in [5.41, 5.74) is 3.57. The van der Waals surface area contributed by atoms with Gasteiger partial charge in [-0.1, -0.05) is 35.9 Å². The molecule has 7 nitrogen and oxygen atoms in total. The highest BCUT2D eigenvalue weighted by molar-refractivity contribution is 9.10. The summed E-state index contributed by atoms with van der Waals surface area (Å²) < 4.78 is 2.80. The third-order valence-corrected chi connectivity index (χ3v) is 6.41. The number of aryl methyl sites for hydroxylation is 1. The van der Waals surface area contributed by atoms with Gasteiger partial charge in [0.2, 0.25) is 0 Å². The van der Waals surface area contributed by atoms with E-state index in [4.69, 9.17) is 0 Å². The molecule has 0 saturated carbocycles. The molecule has 1 N–H and O–H groups in total. The quantitative estimate of drug-likeness (QED) is 0.463. The van der Waals surface area contributed by atoms with Gasteiger partial charge in [-0.2, -0.15) is 5.10 Å². The van der Waals surface area contributed by atoms with Crippen molar-refractivity contribution < 1.29 is 5.11 Å². The standard InChI is InChI=1S/C24H23BrN6O/c1-16-3-5-18(6-4-16)24(2,32)19-12-26-22(27-13-19)17-7-9-30(10-8-17)23-21-11-20(25)14-31(21)29-15-28-23/h3-7,11-15,32H,8-10H2,1-2H3. The van der Waals surface area contributed by atoms with Crippen LogP contribution in [0.4, 0.5) is 5.82 Å². The normalized spacial score (nSPS) is 16.1. The summed E-state index contributed by atoms with van der Waals surface area (Å²) in [6.45, 7) is 5.33. The van der Waals surface area contributed by atoms with E-state index in [1.807, 2.05) is 48.0 Å². The Balaban J connectivity index is 1.35. The van der Waals surface area contributed by atoms with Gasteiger partial charge in [0.15, 0.2) is 11.6 Å². The number of hydrogen-bond donors (Lipinski definition) is 1. The first-order chi connectivity index (χ1) is 15.4. The molecule has 0 spiro atoms. The van der Waals surface area contributed by atoms with Crippen molar-refractivity contribution in [1.29, 1.82) is 0 Å². The number of aromatic nitrogens is 5. The summed E-state index contributed by atoms with van der Waals surface area (Å²) in [5, 5.41) is 15.3. The van der Waals surface area contributed by atoms with Crippen LogP contribution in [-0.2, 0) is 5.60 Å². The number of aliphatic hydroxyl groups is 1. The van der Waals surface area contributed by atoms with Crippen LogP contribution in [0.1, 0.15) is 35.9 Å². The number of hydrogen-bond acceptors (Lipinski definition) is 6. The molecule has 0 bridgehead atoms. The van der Waals surface area contributed by atoms with Crippen LogP contribution in [0.25, 0.3) is 11.1 Å². The molecule has 3 aromatic heterocycles. The fourth-order valence-corrected chi connectivity index (χ4v) is 4.39. The molecular weight excluding hydrogens is 468 g/mol. The molecule has 32 heavy (non-hydrogen) atoms. The Morgan fingerprint density at radius 2 is 1.81 bits per heavy atom. The molecular formula is C24H23BrN6O. The van der Waals surface area contributed by atoms with Crippen LogP contribution < -0.4 is 4.90 Å². The molecule has 1 unspecified atom stereocenters. The van der Waals surface area contributed by atoms with Crippen LogP contribution in [-0.4, -0.2) is 42.8 Å². The first-order valence-corrected chi connectivity index (χ1v) is 11.3. The molecule has 0 saturated heterocycles. The second-order valence-corrected chi connectivity index (χ2v) is 9.15. The minimum atomic E-state index is -1.14. The predicted octanol–water partition coefficient (Wildman–Crippen LogP) is 4.14. The number of halogens is 1. The lowest BCUT2D eigenvalue weighted by Gasteiger charge is -2.27. The van der Waals surface area contributed by atoms with Gasteiger partial charge in [-0.05, 0) is 53.4 Å². The van der Waals surface area contributed by atoms with Crippen molar-refractivity contribution in [3.63, 3.8) is 0 Å². The summed E-state index contributed by atoms with van der Waals surface area (Å²) >= 11 is 3.51. The minimum Gasteiger partial charge on any atom is -0.381 e. The molecule has 0 fully saturated rings. The van der Waals surface area contributed by atoms with Crippen molar-refractivity contribution in [3.05, 3.63) is 88.3 Å². The molecule has 1 aliphatic rings. The van der Waals surface area contributed by atoms with Crippen molar-refractivity contribution in [2.75, 3.05) is 18.0 Å². The van der Waals surface area contributed by atoms with Crippen molar-refractivity contribution in [3.8, 4) is 0 Å². The van der Waals surface area contributed by atoms with E-state index in [9.17, 15) is 5.11 Å². The van der Waals surface area contributed by atoms with Crippen LogP contribution in [0.3, 0.4) is 0 Å². The van der Waals surface area contributed by atoms with Crippen LogP contribution in [0.2, 0.25) is 0 Å². The lowest BCUT2D eigenvalue weighted by Crippen LogP contribution is -2.30. The molecule has 0 amide bonds. The predicted molar refractivity (Wildman–Crippen MR) is 127 cm³/mol. The molecule has 0 radical (unpaired) electrons. The molecule has 5 rings (SSSR count). The summed E-state index contributed by atoms with van der Waals surface area (Å²) in [4.78, 5) is 15.9. The Bertz CT molecular complexity index is 1290. The third-order valence-electron chi connectivity index (χ3n) is 5.98. The van der Waals surface area contributed by atoms with E-state index >= 15 is 0 Å². The number of rotatable bonds is 4. The highest BCUT2D eigenvalue weighted by Gasteiger charge is 2.27. The van der Waals surface area contributed by atoms with Gasteiger partial charge in [-0.15, -0.1) is 0 Å². The lowest BCUT2D eigenvalue weighted by molar-refractivity contribution is 0.101. The SMILES string of the molecule is Cc1ccc(C(C)(O)c2cnc(C3=CCN(c4ncnn5cc(Br)cc45)CC3)nc2)cc1. The van der Waals surface area contributed by atoms with Crippen molar-refractivity contribution in [1.82, 2.24) is 24.6 Å². The first-order valence-electron chi connectivity index (χ1n) is 10.5. The van der Waals surface area contributed by atoms with Gasteiger partial charge in [0.25, 0.3) is 0 Å². The summed E-state index contributed by atoms with van der Waals surface area (Å²) in [7, 11) is 0. The smallest absolute Gasteiger partial charge is 0.156 e. The first kappa shape index (κ1) is 20.8. The van der Waals surface area contributed by atoms with Crippen molar-refractivity contribution in [2.45, 2.75) is 25.9 Å². The maximum Gasteiger partial charge on any atom is 0.156 e. The van der Waals surface area contributed by atoms with E-state index < -0.39 is 5.60 Å². The third kappa shape index (κ3) is 3.80. The van der Waals surface area contributed by atoms with Crippen molar-refractivity contribution in [2.24, 2.45) is 0 Å². The number of nitrogens with zero attached hydrogens (tertiary/aromatic N) is 6. The van der Waals surface area contributed by atoms with Gasteiger partial charge in [0.05, 0.1) is 0 Å². The molecule has 1 aliphatic heterocycles. The van der Waals surface area contributed by atoms with Gasteiger partial charge in [0, 0.05) is 41.7 Å². The molecule has 1 atom stereocenters. The highest BCUT2D eigenvalue weighted by atomic mass is 79.9. The second-order valence-electron chi connectivity index (χ2n) is 8.23. The topological polar surface area (TPSA) is 79.4 Å². The van der Waals surface area contributed by atoms with Gasteiger partial charge < -0.3 is 10.0 Å². The Labute approximate surface area is 194 Å². The summed E-state index contributed by atoms with van der Waals surface area (Å²) in [6.07, 6.45) is 9.91. The Kier molecular flexibility index (Phi) is 5.27. The molecule has 0 aliphatic carbocycles. The fourth-order valence-electron chi connectivity index (χ4n) is 3.98. The Hall–Kier alpha value is -3.10. The highest BCUT2D eigenvalue weighted by Crippen LogP contribution is 2.30. The van der Waals surface area contributed by atoms with E-state index in [1.54, 1.807) is 25.6 Å². The molecule has 4 aromatic rings. The molecule has 4 heterocycles. The number of anilines is 1. The van der Waals surface area contributed by atoms with Crippen LogP contribution in [0.5, 0.6) is 0 Å². The van der Waals surface area contributed by atoms with E-state index in [1.165, 1.54) is 0 Å². The van der Waals surface area contributed by atoms with E-state index in [-0.39, 0.29) is 0 Å². The average molecular weight is 491 g/mol. The molecule has 8 heteroatoms. The van der Waals surface area contributed by atoms with Crippen LogP contribution >= 0.6 is 15.9 Å². The summed E-state index contributed by atoms with van der Waals surface area (Å²) in [5.74, 6) is 1.61. The monoisotopic (exact) mass is 490 g/mol. The van der Waals surface area contributed by atoms with E-state index in [2.05, 4.69) is 47.0 Å². The summed E-state index contributed by atoms with van der Waals surface area (Å²) in [6, 6.07) is 9.89. The zero-order valence-corrected chi connectivity index (χ0v) is 19.5. The van der Waals surface area contributed by atoms with Crippen LogP contribution in [0.15, 0.2) is 65.8 Å². The van der Waals surface area contributed by atoms with E-state index in [0.29, 0.717) is 11.4 Å². The largest absolute Gasteiger partial charge is 0.381 e. The zero-order chi connectivity index (χ0) is 22.3. The number of benzene rings is 1. The van der Waals surface area contributed by atoms with Gasteiger partial charge >= 0.3 is 0 Å². The van der Waals surface area contributed by atoms with Crippen molar-refractivity contribution >= 4 is 32.8 Å². The maximum absolute atomic E-state index is 11.1. The second kappa shape index (κ2) is 8.11. The van der Waals surface area contributed by atoms with Gasteiger partial charge in [-0.25, -0.2) is 19.5 Å². The Morgan fingerprint density at radius 1 is 1.06 bits per heavy atom. The minimum absolute atomic E-state index is 0.672. The van der Waals surface area contributed by atoms with Crippen LogP contribution in [0, 0.1) is 6.92 Å². The van der Waals surface area contributed by atoms with E-state index in [0.717, 1.165) is 52.0 Å². The van der Waals surface area contributed by atoms with Gasteiger partial charge in [0.1, 0.15) is 17.4 Å². The molecule has 1 aromatic carbocycles. The van der Waals surface area contributed by atoms with Gasteiger partial charge in [-0.3, -0.25) is 0 Å². The zero-order valence-electron chi connectivity index (χ0n) is 17.9. The average Bonchev–Trinajstić information content (AvgIpc) is 3.20. The Morgan fingerprint density at radius 3 is 2.50 bits per heavy atom. The maximum atomic E-state index is 11.1. The lowest BCUT2D eigenvalue weighted by atomic mass is 9.89. The number of fused-ring (bicyclic) bond motifs is 1.